The van der Waals surface area contributed by atoms with E-state index in [1.54, 1.807) is 0 Å². The molecule has 0 aliphatic carbocycles. The number of aryl methyl sites for hydroxylation is 1. The molecule has 2 aromatic rings. The van der Waals surface area contributed by atoms with Gasteiger partial charge in [0, 0.05) is 24.7 Å². The molecule has 3 rings (SSSR count). The summed E-state index contributed by atoms with van der Waals surface area (Å²) in [7, 11) is 0. The van der Waals surface area contributed by atoms with Crippen LogP contribution in [0.5, 0.6) is 0 Å². The van der Waals surface area contributed by atoms with Crippen LogP contribution >= 0.6 is 0 Å². The van der Waals surface area contributed by atoms with Crippen molar-refractivity contribution in [3.8, 4) is 0 Å². The molecule has 0 spiro atoms. The molecule has 0 radical (unpaired) electrons. The van der Waals surface area contributed by atoms with Crippen molar-refractivity contribution in [3.63, 3.8) is 0 Å². The number of fused-ring (bicyclic) bond motifs is 1. The second kappa shape index (κ2) is 5.12. The van der Waals surface area contributed by atoms with Gasteiger partial charge in [0.25, 0.3) is 0 Å². The number of benzene rings is 1. The molecular weight excluding hydrogens is 252 g/mol. The highest BCUT2D eigenvalue weighted by Crippen LogP contribution is 2.30. The van der Waals surface area contributed by atoms with Gasteiger partial charge in [0.1, 0.15) is 5.82 Å². The summed E-state index contributed by atoms with van der Waals surface area (Å²) in [4.78, 5) is 17.9. The molecule has 0 bridgehead atoms. The van der Waals surface area contributed by atoms with Gasteiger partial charge in [-0.3, -0.25) is 4.79 Å². The van der Waals surface area contributed by atoms with Crippen molar-refractivity contribution < 1.29 is 9.90 Å². The standard InChI is InChI=1S/C16H18N2O2/c1-11-4-2-5-12-7-8-17-15(14(11)12)18-9-3-6-13(10-18)16(19)20/h2,4-5,7-8,13H,3,6,9-10H2,1H3,(H,19,20). The van der Waals surface area contributed by atoms with Crippen LogP contribution in [0.25, 0.3) is 10.8 Å². The average molecular weight is 270 g/mol. The maximum absolute atomic E-state index is 11.2. The van der Waals surface area contributed by atoms with Crippen molar-refractivity contribution in [2.45, 2.75) is 19.8 Å². The first kappa shape index (κ1) is 12.9. The number of aliphatic carboxylic acids is 1. The number of carboxylic acid groups (broad SMARTS) is 1. The van der Waals surface area contributed by atoms with Crippen LogP contribution in [0.15, 0.2) is 30.5 Å². The molecule has 20 heavy (non-hydrogen) atoms. The van der Waals surface area contributed by atoms with Crippen molar-refractivity contribution in [3.05, 3.63) is 36.0 Å². The molecule has 1 fully saturated rings. The summed E-state index contributed by atoms with van der Waals surface area (Å²) >= 11 is 0. The highest BCUT2D eigenvalue weighted by atomic mass is 16.4. The van der Waals surface area contributed by atoms with E-state index < -0.39 is 5.97 Å². The number of carboxylic acids is 1. The number of anilines is 1. The Morgan fingerprint density at radius 3 is 3.05 bits per heavy atom. The smallest absolute Gasteiger partial charge is 0.308 e. The lowest BCUT2D eigenvalue weighted by Crippen LogP contribution is -2.39. The van der Waals surface area contributed by atoms with Crippen molar-refractivity contribution >= 4 is 22.6 Å². The van der Waals surface area contributed by atoms with E-state index in [2.05, 4.69) is 28.9 Å². The molecule has 1 unspecified atom stereocenters. The summed E-state index contributed by atoms with van der Waals surface area (Å²) in [5.74, 6) is -0.0666. The maximum Gasteiger partial charge on any atom is 0.308 e. The Hall–Kier alpha value is -2.10. The van der Waals surface area contributed by atoms with Crippen LogP contribution in [0.4, 0.5) is 5.82 Å². The molecule has 2 heterocycles. The van der Waals surface area contributed by atoms with Gasteiger partial charge in [-0.25, -0.2) is 4.98 Å². The predicted octanol–water partition coefficient (Wildman–Crippen LogP) is 2.84. The van der Waals surface area contributed by atoms with Gasteiger partial charge in [-0.05, 0) is 36.8 Å². The quantitative estimate of drug-likeness (QED) is 0.911. The molecule has 104 valence electrons. The molecule has 1 aliphatic heterocycles. The first-order valence-corrected chi connectivity index (χ1v) is 6.99. The largest absolute Gasteiger partial charge is 0.481 e. The highest BCUT2D eigenvalue weighted by Gasteiger charge is 2.27. The first-order chi connectivity index (χ1) is 9.66. The molecule has 4 nitrogen and oxygen atoms in total. The Morgan fingerprint density at radius 1 is 1.40 bits per heavy atom. The third kappa shape index (κ3) is 2.22. The molecular formula is C16H18N2O2. The van der Waals surface area contributed by atoms with Crippen molar-refractivity contribution in [2.75, 3.05) is 18.0 Å². The Bertz CT molecular complexity index is 649. The zero-order valence-corrected chi connectivity index (χ0v) is 11.5. The van der Waals surface area contributed by atoms with E-state index in [0.717, 1.165) is 36.0 Å². The third-order valence-corrected chi connectivity index (χ3v) is 4.05. The maximum atomic E-state index is 11.2. The Balaban J connectivity index is 2.03. The van der Waals surface area contributed by atoms with E-state index in [-0.39, 0.29) is 5.92 Å². The van der Waals surface area contributed by atoms with Crippen molar-refractivity contribution in [1.29, 1.82) is 0 Å². The fourth-order valence-electron chi connectivity index (χ4n) is 3.00. The number of hydrogen-bond acceptors (Lipinski definition) is 3. The van der Waals surface area contributed by atoms with Gasteiger partial charge < -0.3 is 10.0 Å². The van der Waals surface area contributed by atoms with E-state index in [9.17, 15) is 9.90 Å². The predicted molar refractivity (Wildman–Crippen MR) is 79.1 cm³/mol. The summed E-state index contributed by atoms with van der Waals surface area (Å²) in [6.07, 6.45) is 3.47. The van der Waals surface area contributed by atoms with Gasteiger partial charge in [0.2, 0.25) is 0 Å². The number of piperidine rings is 1. The number of nitrogens with zero attached hydrogens (tertiary/aromatic N) is 2. The third-order valence-electron chi connectivity index (χ3n) is 4.05. The van der Waals surface area contributed by atoms with Crippen LogP contribution in [0, 0.1) is 12.8 Å². The number of rotatable bonds is 2. The number of pyridine rings is 1. The molecule has 0 saturated carbocycles. The fraction of sp³-hybridized carbons (Fsp3) is 0.375. The number of hydrogen-bond donors (Lipinski definition) is 1. The van der Waals surface area contributed by atoms with Crippen LogP contribution in [0.3, 0.4) is 0 Å². The SMILES string of the molecule is Cc1cccc2ccnc(N3CCCC(C(=O)O)C3)c12. The molecule has 1 aliphatic rings. The summed E-state index contributed by atoms with van der Waals surface area (Å²) < 4.78 is 0. The van der Waals surface area contributed by atoms with Gasteiger partial charge in [0.05, 0.1) is 5.92 Å². The lowest BCUT2D eigenvalue weighted by Gasteiger charge is -2.32. The van der Waals surface area contributed by atoms with Crippen LogP contribution in [-0.4, -0.2) is 29.1 Å². The fourth-order valence-corrected chi connectivity index (χ4v) is 3.00. The highest BCUT2D eigenvalue weighted by molar-refractivity contribution is 5.95. The van der Waals surface area contributed by atoms with Gasteiger partial charge in [-0.1, -0.05) is 18.2 Å². The van der Waals surface area contributed by atoms with Gasteiger partial charge in [-0.2, -0.15) is 0 Å². The summed E-state index contributed by atoms with van der Waals surface area (Å²) in [5, 5.41) is 11.5. The molecule has 1 aromatic carbocycles. The minimum Gasteiger partial charge on any atom is -0.481 e. The van der Waals surface area contributed by atoms with E-state index in [4.69, 9.17) is 0 Å². The summed E-state index contributed by atoms with van der Waals surface area (Å²) in [6.45, 7) is 3.51. The lowest BCUT2D eigenvalue weighted by molar-refractivity contribution is -0.141. The van der Waals surface area contributed by atoms with Crippen molar-refractivity contribution in [1.82, 2.24) is 4.98 Å². The molecule has 4 heteroatoms. The summed E-state index contributed by atoms with van der Waals surface area (Å²) in [5.41, 5.74) is 1.18. The van der Waals surface area contributed by atoms with Crippen LogP contribution in [0.1, 0.15) is 18.4 Å². The Kier molecular flexibility index (Phi) is 3.30. The minimum absolute atomic E-state index is 0.287. The monoisotopic (exact) mass is 270 g/mol. The average Bonchev–Trinajstić information content (AvgIpc) is 2.47. The molecule has 1 aromatic heterocycles. The van der Waals surface area contributed by atoms with Gasteiger partial charge in [0.15, 0.2) is 0 Å². The number of carbonyl (C=O) groups is 1. The van der Waals surface area contributed by atoms with Crippen LogP contribution in [0.2, 0.25) is 0 Å². The normalized spacial score (nSPS) is 19.2. The molecule has 0 amide bonds. The zero-order valence-electron chi connectivity index (χ0n) is 11.5. The minimum atomic E-state index is -0.702. The Labute approximate surface area is 118 Å². The topological polar surface area (TPSA) is 53.4 Å². The zero-order chi connectivity index (χ0) is 14.1. The number of aromatic nitrogens is 1. The molecule has 1 saturated heterocycles. The molecule has 1 N–H and O–H groups in total. The van der Waals surface area contributed by atoms with Crippen molar-refractivity contribution in [2.24, 2.45) is 5.92 Å². The lowest BCUT2D eigenvalue weighted by atomic mass is 9.97. The van der Waals surface area contributed by atoms with Crippen LogP contribution in [-0.2, 0) is 4.79 Å². The Morgan fingerprint density at radius 2 is 2.25 bits per heavy atom. The van der Waals surface area contributed by atoms with Crippen LogP contribution < -0.4 is 4.90 Å². The first-order valence-electron chi connectivity index (χ1n) is 6.99. The summed E-state index contributed by atoms with van der Waals surface area (Å²) in [6, 6.07) is 8.19. The van der Waals surface area contributed by atoms with E-state index in [1.165, 1.54) is 5.56 Å². The van der Waals surface area contributed by atoms with E-state index in [0.29, 0.717) is 6.54 Å². The van der Waals surface area contributed by atoms with Gasteiger partial charge >= 0.3 is 5.97 Å². The van der Waals surface area contributed by atoms with Gasteiger partial charge in [-0.15, -0.1) is 0 Å². The second-order valence-electron chi connectivity index (χ2n) is 5.43. The molecule has 1 atom stereocenters. The van der Waals surface area contributed by atoms with E-state index >= 15 is 0 Å². The van der Waals surface area contributed by atoms with E-state index in [1.807, 2.05) is 18.3 Å². The second-order valence-corrected chi connectivity index (χ2v) is 5.43.